The lowest BCUT2D eigenvalue weighted by Gasteiger charge is -2.10. The van der Waals surface area contributed by atoms with Crippen LogP contribution in [-0.4, -0.2) is 27.5 Å². The van der Waals surface area contributed by atoms with Gasteiger partial charge in [-0.05, 0) is 18.6 Å². The summed E-state index contributed by atoms with van der Waals surface area (Å²) in [4.78, 5) is 11.8. The molecule has 1 aromatic carbocycles. The molecule has 0 aliphatic carbocycles. The number of aromatic hydroxyl groups is 2. The highest BCUT2D eigenvalue weighted by Crippen LogP contribution is 2.27. The van der Waals surface area contributed by atoms with E-state index in [1.165, 1.54) is 18.2 Å². The van der Waals surface area contributed by atoms with Gasteiger partial charge in [0.25, 0.3) is 5.91 Å². The molecule has 5 heteroatoms. The van der Waals surface area contributed by atoms with Crippen LogP contribution in [0.3, 0.4) is 0 Å². The average molecular weight is 288 g/mol. The van der Waals surface area contributed by atoms with E-state index in [0.29, 0.717) is 6.54 Å². The van der Waals surface area contributed by atoms with Crippen LogP contribution >= 0.6 is 15.9 Å². The maximum atomic E-state index is 11.6. The van der Waals surface area contributed by atoms with Crippen LogP contribution in [-0.2, 0) is 0 Å². The van der Waals surface area contributed by atoms with E-state index in [9.17, 15) is 15.0 Å². The maximum absolute atomic E-state index is 11.6. The number of phenolic OH excluding ortho intramolecular Hbond substituents is 2. The zero-order valence-electron chi connectivity index (χ0n) is 8.90. The van der Waals surface area contributed by atoms with Crippen molar-refractivity contribution in [2.24, 2.45) is 0 Å². The molecular weight excluding hydrogens is 274 g/mol. The maximum Gasteiger partial charge on any atom is 0.255 e. The summed E-state index contributed by atoms with van der Waals surface area (Å²) in [6, 6.07) is 4.29. The lowest BCUT2D eigenvalue weighted by Crippen LogP contribution is -2.29. The van der Waals surface area contributed by atoms with Gasteiger partial charge >= 0.3 is 0 Å². The number of carbonyl (C=O) groups excluding carboxylic acids is 1. The topological polar surface area (TPSA) is 69.6 Å². The van der Waals surface area contributed by atoms with E-state index in [-0.39, 0.29) is 21.9 Å². The van der Waals surface area contributed by atoms with Crippen molar-refractivity contribution >= 4 is 21.8 Å². The second kappa shape index (κ2) is 5.75. The van der Waals surface area contributed by atoms with Gasteiger partial charge in [-0.1, -0.05) is 28.9 Å². The van der Waals surface area contributed by atoms with Crippen LogP contribution in [0, 0.1) is 0 Å². The number of rotatable bonds is 4. The van der Waals surface area contributed by atoms with E-state index in [2.05, 4.69) is 21.2 Å². The summed E-state index contributed by atoms with van der Waals surface area (Å²) in [6.07, 6.45) is 0.895. The van der Waals surface area contributed by atoms with E-state index < -0.39 is 5.91 Å². The number of para-hydroxylation sites is 1. The molecular formula is C11H14BrNO3. The van der Waals surface area contributed by atoms with Crippen LogP contribution in [0.1, 0.15) is 23.7 Å². The summed E-state index contributed by atoms with van der Waals surface area (Å²) in [6.45, 7) is 2.47. The largest absolute Gasteiger partial charge is 0.504 e. The normalized spacial score (nSPS) is 12.1. The highest BCUT2D eigenvalue weighted by Gasteiger charge is 2.14. The Balaban J connectivity index is 2.70. The minimum atomic E-state index is -0.397. The first-order chi connectivity index (χ1) is 7.56. The Morgan fingerprint density at radius 1 is 1.50 bits per heavy atom. The molecule has 0 aromatic heterocycles. The third-order valence-electron chi connectivity index (χ3n) is 2.19. The fraction of sp³-hybridized carbons (Fsp3) is 0.364. The molecule has 0 spiro atoms. The van der Waals surface area contributed by atoms with Crippen LogP contribution in [0.15, 0.2) is 18.2 Å². The molecule has 0 aliphatic rings. The van der Waals surface area contributed by atoms with Gasteiger partial charge in [0.05, 0.1) is 5.56 Å². The van der Waals surface area contributed by atoms with Gasteiger partial charge in [-0.3, -0.25) is 4.79 Å². The van der Waals surface area contributed by atoms with E-state index in [4.69, 9.17) is 0 Å². The predicted octanol–water partition coefficient (Wildman–Crippen LogP) is 2.00. The monoisotopic (exact) mass is 287 g/mol. The molecule has 0 fully saturated rings. The van der Waals surface area contributed by atoms with Crippen molar-refractivity contribution in [2.45, 2.75) is 18.2 Å². The third kappa shape index (κ3) is 3.13. The second-order valence-electron chi connectivity index (χ2n) is 3.39. The van der Waals surface area contributed by atoms with E-state index in [1.54, 1.807) is 0 Å². The molecule has 0 aliphatic heterocycles. The van der Waals surface area contributed by atoms with Gasteiger partial charge in [0.1, 0.15) is 0 Å². The average Bonchev–Trinajstić information content (AvgIpc) is 2.29. The zero-order valence-corrected chi connectivity index (χ0v) is 10.5. The Kier molecular flexibility index (Phi) is 4.61. The molecule has 1 rings (SSSR count). The van der Waals surface area contributed by atoms with Crippen LogP contribution in [0.25, 0.3) is 0 Å². The van der Waals surface area contributed by atoms with E-state index >= 15 is 0 Å². The number of amides is 1. The highest BCUT2D eigenvalue weighted by atomic mass is 79.9. The van der Waals surface area contributed by atoms with Gasteiger partial charge in [-0.15, -0.1) is 0 Å². The molecule has 0 heterocycles. The number of benzene rings is 1. The minimum absolute atomic E-state index is 0.0794. The summed E-state index contributed by atoms with van der Waals surface area (Å²) < 4.78 is 0. The molecule has 0 saturated carbocycles. The van der Waals surface area contributed by atoms with E-state index in [1.807, 2.05) is 6.92 Å². The van der Waals surface area contributed by atoms with Crippen LogP contribution in [0.4, 0.5) is 0 Å². The van der Waals surface area contributed by atoms with Gasteiger partial charge in [-0.25, -0.2) is 0 Å². The van der Waals surface area contributed by atoms with Crippen LogP contribution < -0.4 is 5.32 Å². The quantitative estimate of drug-likeness (QED) is 0.586. The van der Waals surface area contributed by atoms with Crippen molar-refractivity contribution in [1.29, 1.82) is 0 Å². The molecule has 88 valence electrons. The Morgan fingerprint density at radius 3 is 2.81 bits per heavy atom. The van der Waals surface area contributed by atoms with Crippen molar-refractivity contribution in [1.82, 2.24) is 5.32 Å². The number of hydrogen-bond acceptors (Lipinski definition) is 3. The lowest BCUT2D eigenvalue weighted by atomic mass is 10.1. The third-order valence-corrected chi connectivity index (χ3v) is 3.16. The Hall–Kier alpha value is -1.23. The van der Waals surface area contributed by atoms with Gasteiger partial charge in [-0.2, -0.15) is 0 Å². The first-order valence-corrected chi connectivity index (χ1v) is 5.91. The fourth-order valence-electron chi connectivity index (χ4n) is 1.16. The lowest BCUT2D eigenvalue weighted by molar-refractivity contribution is 0.0950. The number of carbonyl (C=O) groups is 1. The predicted molar refractivity (Wildman–Crippen MR) is 65.1 cm³/mol. The molecule has 3 N–H and O–H groups in total. The molecule has 16 heavy (non-hydrogen) atoms. The SMILES string of the molecule is CCC(Br)CNC(=O)c1cccc(O)c1O. The molecule has 0 bridgehead atoms. The van der Waals surface area contributed by atoms with Gasteiger partial charge in [0.2, 0.25) is 0 Å². The number of halogens is 1. The summed E-state index contributed by atoms with van der Waals surface area (Å²) in [7, 11) is 0. The summed E-state index contributed by atoms with van der Waals surface area (Å²) >= 11 is 3.38. The number of alkyl halides is 1. The van der Waals surface area contributed by atoms with Gasteiger partial charge in [0, 0.05) is 11.4 Å². The van der Waals surface area contributed by atoms with Gasteiger partial charge in [0.15, 0.2) is 11.5 Å². The molecule has 4 nitrogen and oxygen atoms in total. The first-order valence-electron chi connectivity index (χ1n) is 4.99. The van der Waals surface area contributed by atoms with E-state index in [0.717, 1.165) is 6.42 Å². The Bertz CT molecular complexity index is 381. The van der Waals surface area contributed by atoms with Crippen molar-refractivity contribution < 1.29 is 15.0 Å². The first kappa shape index (κ1) is 12.8. The smallest absolute Gasteiger partial charge is 0.255 e. The van der Waals surface area contributed by atoms with Gasteiger partial charge < -0.3 is 15.5 Å². The highest BCUT2D eigenvalue weighted by molar-refractivity contribution is 9.09. The van der Waals surface area contributed by atoms with Crippen LogP contribution in [0.5, 0.6) is 11.5 Å². The molecule has 1 atom stereocenters. The standard InChI is InChI=1S/C11H14BrNO3/c1-2-7(12)6-13-11(16)8-4-3-5-9(14)10(8)15/h3-5,7,14-15H,2,6H2,1H3,(H,13,16). The van der Waals surface area contributed by atoms with Crippen LogP contribution in [0.2, 0.25) is 0 Å². The molecule has 0 radical (unpaired) electrons. The number of nitrogens with one attached hydrogen (secondary N) is 1. The van der Waals surface area contributed by atoms with Crippen molar-refractivity contribution in [3.63, 3.8) is 0 Å². The van der Waals surface area contributed by atoms with Crippen molar-refractivity contribution in [3.8, 4) is 11.5 Å². The summed E-state index contributed by atoms with van der Waals surface area (Å²) in [5, 5.41) is 21.4. The summed E-state index contributed by atoms with van der Waals surface area (Å²) in [5.41, 5.74) is 0.0794. The molecule has 0 saturated heterocycles. The molecule has 1 amide bonds. The van der Waals surface area contributed by atoms with Crippen molar-refractivity contribution in [3.05, 3.63) is 23.8 Å². The number of hydrogen-bond donors (Lipinski definition) is 3. The van der Waals surface area contributed by atoms with Crippen molar-refractivity contribution in [2.75, 3.05) is 6.54 Å². The molecule has 1 unspecified atom stereocenters. The number of phenols is 2. The minimum Gasteiger partial charge on any atom is -0.504 e. The second-order valence-corrected chi connectivity index (χ2v) is 4.68. The Labute approximate surface area is 102 Å². The Morgan fingerprint density at radius 2 is 2.19 bits per heavy atom. The zero-order chi connectivity index (χ0) is 12.1. The molecule has 1 aromatic rings. The summed E-state index contributed by atoms with van der Waals surface area (Å²) in [5.74, 6) is -1.08. The fourth-order valence-corrected chi connectivity index (χ4v) is 1.32.